The van der Waals surface area contributed by atoms with Gasteiger partial charge in [-0.1, -0.05) is 36.8 Å². The van der Waals surface area contributed by atoms with Crippen molar-refractivity contribution in [3.63, 3.8) is 0 Å². The molecular formula is C22H27N3S. The molecule has 1 N–H and O–H groups in total. The van der Waals surface area contributed by atoms with Crippen LogP contribution in [0.1, 0.15) is 49.8 Å². The van der Waals surface area contributed by atoms with Crippen molar-refractivity contribution in [2.24, 2.45) is 11.8 Å². The van der Waals surface area contributed by atoms with E-state index in [0.717, 1.165) is 23.5 Å². The van der Waals surface area contributed by atoms with E-state index in [9.17, 15) is 0 Å². The first kappa shape index (κ1) is 17.5. The second kappa shape index (κ2) is 7.75. The Morgan fingerprint density at radius 3 is 2.58 bits per heavy atom. The number of hydrogen-bond acceptors (Lipinski definition) is 2. The van der Waals surface area contributed by atoms with E-state index >= 15 is 0 Å². The molecule has 26 heavy (non-hydrogen) atoms. The molecule has 4 heteroatoms. The Kier molecular flexibility index (Phi) is 5.21. The molecule has 2 bridgehead atoms. The highest BCUT2D eigenvalue weighted by atomic mass is 32.1. The molecule has 1 aromatic carbocycles. The fourth-order valence-corrected chi connectivity index (χ4v) is 5.02. The van der Waals surface area contributed by atoms with E-state index in [-0.39, 0.29) is 6.04 Å². The predicted molar refractivity (Wildman–Crippen MR) is 110 cm³/mol. The van der Waals surface area contributed by atoms with Crippen LogP contribution in [0.15, 0.2) is 54.9 Å². The topological polar surface area (TPSA) is 28.2 Å². The first-order chi connectivity index (χ1) is 12.7. The molecule has 2 aromatic rings. The molecule has 1 heterocycles. The van der Waals surface area contributed by atoms with Crippen LogP contribution < -0.4 is 5.32 Å². The van der Waals surface area contributed by atoms with Crippen molar-refractivity contribution in [2.75, 3.05) is 0 Å². The molecule has 0 unspecified atom stereocenters. The first-order valence-electron chi connectivity index (χ1n) is 9.71. The molecule has 4 atom stereocenters. The van der Waals surface area contributed by atoms with Gasteiger partial charge in [-0.25, -0.2) is 0 Å². The number of nitrogens with zero attached hydrogens (tertiary/aromatic N) is 2. The van der Waals surface area contributed by atoms with Gasteiger partial charge in [0.2, 0.25) is 0 Å². The molecule has 2 saturated carbocycles. The Morgan fingerprint density at radius 1 is 1.15 bits per heavy atom. The largest absolute Gasteiger partial charge is 0.360 e. The maximum atomic E-state index is 5.90. The van der Waals surface area contributed by atoms with Crippen molar-refractivity contribution >= 4 is 17.3 Å². The lowest BCUT2D eigenvalue weighted by Gasteiger charge is -2.35. The average Bonchev–Trinajstić information content (AvgIpc) is 3.30. The number of thiocarbonyl (C=S) groups is 1. The Hall–Kier alpha value is -1.94. The van der Waals surface area contributed by atoms with E-state index < -0.39 is 0 Å². The van der Waals surface area contributed by atoms with Crippen molar-refractivity contribution in [3.8, 4) is 0 Å². The number of pyridine rings is 1. The smallest absolute Gasteiger partial charge is 0.169 e. The fraction of sp³-hybridized carbons (Fsp3) is 0.455. The fourth-order valence-electron chi connectivity index (χ4n) is 4.64. The van der Waals surface area contributed by atoms with Crippen LogP contribution in [0.4, 0.5) is 0 Å². The zero-order valence-corrected chi connectivity index (χ0v) is 16.2. The van der Waals surface area contributed by atoms with Gasteiger partial charge in [-0.05, 0) is 73.5 Å². The molecular weight excluding hydrogens is 338 g/mol. The minimum absolute atomic E-state index is 0.225. The highest BCUT2D eigenvalue weighted by Gasteiger charge is 2.40. The van der Waals surface area contributed by atoms with E-state index in [1.807, 2.05) is 12.4 Å². The Balaban J connectivity index is 1.52. The number of rotatable bonds is 5. The third kappa shape index (κ3) is 3.75. The summed E-state index contributed by atoms with van der Waals surface area (Å²) in [6.07, 6.45) is 9.16. The summed E-state index contributed by atoms with van der Waals surface area (Å²) in [5.41, 5.74) is 2.53. The van der Waals surface area contributed by atoms with Crippen LogP contribution in [0.25, 0.3) is 0 Å². The number of hydrogen-bond donors (Lipinski definition) is 1. The Morgan fingerprint density at radius 2 is 1.92 bits per heavy atom. The summed E-state index contributed by atoms with van der Waals surface area (Å²) in [5, 5.41) is 4.61. The van der Waals surface area contributed by atoms with Gasteiger partial charge >= 0.3 is 0 Å². The summed E-state index contributed by atoms with van der Waals surface area (Å²) < 4.78 is 0. The molecule has 4 rings (SSSR count). The third-order valence-corrected chi connectivity index (χ3v) is 6.51. The van der Waals surface area contributed by atoms with E-state index in [2.05, 4.69) is 64.6 Å². The summed E-state index contributed by atoms with van der Waals surface area (Å²) in [4.78, 5) is 6.47. The van der Waals surface area contributed by atoms with E-state index in [1.54, 1.807) is 0 Å². The third-order valence-electron chi connectivity index (χ3n) is 6.16. The average molecular weight is 366 g/mol. The molecule has 0 amide bonds. The second-order valence-electron chi connectivity index (χ2n) is 7.80. The highest BCUT2D eigenvalue weighted by Crippen LogP contribution is 2.44. The van der Waals surface area contributed by atoms with Crippen molar-refractivity contribution in [1.29, 1.82) is 0 Å². The SMILES string of the molecule is C[C@H](c1ccccc1)N(Cc1ccncc1)C(=S)N[C@H]1C[C@H]2CC[C@H]1C2. The minimum Gasteiger partial charge on any atom is -0.360 e. The van der Waals surface area contributed by atoms with Crippen molar-refractivity contribution < 1.29 is 0 Å². The van der Waals surface area contributed by atoms with Gasteiger partial charge < -0.3 is 10.2 Å². The molecule has 0 radical (unpaired) electrons. The van der Waals surface area contributed by atoms with Gasteiger partial charge in [0.05, 0.1) is 6.04 Å². The van der Waals surface area contributed by atoms with Gasteiger partial charge in [0.1, 0.15) is 0 Å². The van der Waals surface area contributed by atoms with Gasteiger partial charge in [0.15, 0.2) is 5.11 Å². The van der Waals surface area contributed by atoms with Crippen LogP contribution in [0, 0.1) is 11.8 Å². The first-order valence-corrected chi connectivity index (χ1v) is 10.1. The quantitative estimate of drug-likeness (QED) is 0.777. The zero-order valence-electron chi connectivity index (χ0n) is 15.3. The Bertz CT molecular complexity index is 734. The van der Waals surface area contributed by atoms with Crippen molar-refractivity contribution in [3.05, 3.63) is 66.0 Å². The molecule has 3 nitrogen and oxygen atoms in total. The van der Waals surface area contributed by atoms with Crippen LogP contribution in [-0.2, 0) is 6.54 Å². The maximum Gasteiger partial charge on any atom is 0.169 e. The molecule has 2 aliphatic carbocycles. The second-order valence-corrected chi connectivity index (χ2v) is 8.19. The van der Waals surface area contributed by atoms with E-state index in [0.29, 0.717) is 6.04 Å². The van der Waals surface area contributed by atoms with Gasteiger partial charge in [-0.2, -0.15) is 0 Å². The summed E-state index contributed by atoms with van der Waals surface area (Å²) in [6.45, 7) is 3.04. The minimum atomic E-state index is 0.225. The van der Waals surface area contributed by atoms with Crippen LogP contribution in [0.3, 0.4) is 0 Å². The number of fused-ring (bicyclic) bond motifs is 2. The van der Waals surface area contributed by atoms with Crippen molar-refractivity contribution in [1.82, 2.24) is 15.2 Å². The van der Waals surface area contributed by atoms with Crippen LogP contribution >= 0.6 is 12.2 Å². The van der Waals surface area contributed by atoms with Crippen LogP contribution in [0.2, 0.25) is 0 Å². The van der Waals surface area contributed by atoms with Crippen LogP contribution in [0.5, 0.6) is 0 Å². The lowest BCUT2D eigenvalue weighted by atomic mass is 9.95. The van der Waals surface area contributed by atoms with E-state index in [1.165, 1.54) is 36.8 Å². The van der Waals surface area contributed by atoms with Gasteiger partial charge in [-0.3, -0.25) is 4.98 Å². The summed E-state index contributed by atoms with van der Waals surface area (Å²) in [5.74, 6) is 1.73. The summed E-state index contributed by atoms with van der Waals surface area (Å²) >= 11 is 5.90. The van der Waals surface area contributed by atoms with Gasteiger partial charge in [0, 0.05) is 25.0 Å². The predicted octanol–water partition coefficient (Wildman–Crippen LogP) is 4.71. The molecule has 2 fully saturated rings. The summed E-state index contributed by atoms with van der Waals surface area (Å²) in [7, 11) is 0. The molecule has 1 aromatic heterocycles. The van der Waals surface area contributed by atoms with Gasteiger partial charge in [-0.15, -0.1) is 0 Å². The molecule has 2 aliphatic rings. The zero-order chi connectivity index (χ0) is 17.9. The molecule has 0 saturated heterocycles. The summed E-state index contributed by atoms with van der Waals surface area (Å²) in [6, 6.07) is 15.6. The van der Waals surface area contributed by atoms with E-state index in [4.69, 9.17) is 12.2 Å². The normalized spacial score (nSPS) is 25.0. The lowest BCUT2D eigenvalue weighted by molar-refractivity contribution is 0.306. The van der Waals surface area contributed by atoms with Gasteiger partial charge in [0.25, 0.3) is 0 Å². The highest BCUT2D eigenvalue weighted by molar-refractivity contribution is 7.80. The monoisotopic (exact) mass is 365 g/mol. The lowest BCUT2D eigenvalue weighted by Crippen LogP contribution is -2.47. The Labute approximate surface area is 161 Å². The molecule has 0 spiro atoms. The number of aromatic nitrogens is 1. The standard InChI is InChI=1S/C22H27N3S/c1-16(19-5-3-2-4-6-19)25(15-17-9-11-23-12-10-17)22(26)24-21-14-18-7-8-20(21)13-18/h2-6,9-12,16,18,20-21H,7-8,13-15H2,1H3,(H,24,26)/t16-,18+,20+,21+/m1/s1. The number of nitrogens with one attached hydrogen (secondary N) is 1. The number of benzene rings is 1. The maximum absolute atomic E-state index is 5.90. The van der Waals surface area contributed by atoms with Crippen LogP contribution in [-0.4, -0.2) is 21.0 Å². The molecule has 0 aliphatic heterocycles. The molecule has 136 valence electrons. The van der Waals surface area contributed by atoms with Crippen molar-refractivity contribution in [2.45, 2.75) is 51.2 Å².